The van der Waals surface area contributed by atoms with E-state index >= 15 is 0 Å². The number of likely N-dealkylation sites (N-methyl/N-ethyl adjacent to an activating group) is 1. The SMILES string of the molecule is CCCCCCCCCCCCCCCCCCCC(O)C(COP(=O)(O)OCC[N+](C)(C)C)NC(=O)CCCCCCCCCCCCCC. The molecule has 0 aromatic carbocycles. The van der Waals surface area contributed by atoms with Crippen LogP contribution in [-0.2, 0) is 18.4 Å². The van der Waals surface area contributed by atoms with Gasteiger partial charge in [0.25, 0.3) is 0 Å². The third kappa shape index (κ3) is 37.6. The van der Waals surface area contributed by atoms with Crippen LogP contribution in [0.2, 0.25) is 0 Å². The van der Waals surface area contributed by atoms with E-state index in [1.165, 1.54) is 148 Å². The fourth-order valence-corrected chi connectivity index (χ4v) is 7.31. The maximum atomic E-state index is 12.8. The van der Waals surface area contributed by atoms with Gasteiger partial charge in [-0.3, -0.25) is 13.8 Å². The molecule has 0 spiro atoms. The number of aliphatic hydroxyl groups is 1. The molecule has 0 aromatic heterocycles. The van der Waals surface area contributed by atoms with Gasteiger partial charge in [0.05, 0.1) is 39.9 Å². The van der Waals surface area contributed by atoms with Crippen LogP contribution in [-0.4, -0.2) is 73.4 Å². The molecule has 0 saturated carbocycles. The van der Waals surface area contributed by atoms with Crippen molar-refractivity contribution < 1.29 is 32.9 Å². The summed E-state index contributed by atoms with van der Waals surface area (Å²) in [6, 6.07) is -0.752. The van der Waals surface area contributed by atoms with Gasteiger partial charge < -0.3 is 19.8 Å². The average molecular weight is 748 g/mol. The van der Waals surface area contributed by atoms with E-state index in [0.717, 1.165) is 38.5 Å². The molecule has 0 rings (SSSR count). The van der Waals surface area contributed by atoms with E-state index in [1.807, 2.05) is 21.1 Å². The van der Waals surface area contributed by atoms with Gasteiger partial charge in [0.2, 0.25) is 5.91 Å². The number of quaternary nitrogens is 1. The predicted molar refractivity (Wildman–Crippen MR) is 217 cm³/mol. The van der Waals surface area contributed by atoms with Crippen molar-refractivity contribution >= 4 is 13.7 Å². The molecule has 0 bridgehead atoms. The summed E-state index contributed by atoms with van der Waals surface area (Å²) in [4.78, 5) is 23.1. The topological polar surface area (TPSA) is 105 Å². The van der Waals surface area contributed by atoms with Crippen LogP contribution in [0.4, 0.5) is 0 Å². The van der Waals surface area contributed by atoms with Crippen molar-refractivity contribution in [3.05, 3.63) is 0 Å². The summed E-state index contributed by atoms with van der Waals surface area (Å²) in [7, 11) is 1.63. The molecule has 1 amide bonds. The number of phosphoric acid groups is 1. The van der Waals surface area contributed by atoms with Gasteiger partial charge in [-0.05, 0) is 12.8 Å². The summed E-state index contributed by atoms with van der Waals surface area (Å²) >= 11 is 0. The third-order valence-electron chi connectivity index (χ3n) is 10.1. The lowest BCUT2D eigenvalue weighted by atomic mass is 10.0. The fraction of sp³-hybridized carbons (Fsp3) is 0.976. The maximum Gasteiger partial charge on any atom is 0.472 e. The van der Waals surface area contributed by atoms with Crippen LogP contribution < -0.4 is 5.32 Å². The minimum atomic E-state index is -4.30. The number of nitrogens with zero attached hydrogens (tertiary/aromatic N) is 1. The van der Waals surface area contributed by atoms with Gasteiger partial charge in [-0.15, -0.1) is 0 Å². The number of carbonyl (C=O) groups is 1. The summed E-state index contributed by atoms with van der Waals surface area (Å²) < 4.78 is 23.6. The Bertz CT molecular complexity index is 809. The highest BCUT2D eigenvalue weighted by Crippen LogP contribution is 2.43. The summed E-state index contributed by atoms with van der Waals surface area (Å²) in [5.41, 5.74) is 0. The van der Waals surface area contributed by atoms with Crippen LogP contribution in [0.3, 0.4) is 0 Å². The molecule has 8 nitrogen and oxygen atoms in total. The van der Waals surface area contributed by atoms with Crippen LogP contribution in [0.5, 0.6) is 0 Å². The van der Waals surface area contributed by atoms with Gasteiger partial charge in [0, 0.05) is 6.42 Å². The van der Waals surface area contributed by atoms with Gasteiger partial charge >= 0.3 is 7.82 Å². The van der Waals surface area contributed by atoms with E-state index < -0.39 is 20.0 Å². The normalized spacial score (nSPS) is 14.4. The lowest BCUT2D eigenvalue weighted by Gasteiger charge is -2.26. The second-order valence-electron chi connectivity index (χ2n) is 16.4. The second-order valence-corrected chi connectivity index (χ2v) is 17.9. The van der Waals surface area contributed by atoms with Crippen molar-refractivity contribution in [1.82, 2.24) is 5.32 Å². The number of hydrogen-bond acceptors (Lipinski definition) is 5. The lowest BCUT2D eigenvalue weighted by Crippen LogP contribution is -2.46. The van der Waals surface area contributed by atoms with Crippen molar-refractivity contribution in [1.29, 1.82) is 0 Å². The fourth-order valence-electron chi connectivity index (χ4n) is 6.58. The molecule has 51 heavy (non-hydrogen) atoms. The minimum absolute atomic E-state index is 0.0784. The van der Waals surface area contributed by atoms with Crippen molar-refractivity contribution in [2.45, 2.75) is 225 Å². The maximum absolute atomic E-state index is 12.8. The minimum Gasteiger partial charge on any atom is -0.391 e. The number of nitrogens with one attached hydrogen (secondary N) is 1. The quantitative estimate of drug-likeness (QED) is 0.0327. The first-order valence-electron chi connectivity index (χ1n) is 21.9. The van der Waals surface area contributed by atoms with Crippen molar-refractivity contribution in [2.75, 3.05) is 40.9 Å². The zero-order valence-corrected chi connectivity index (χ0v) is 35.5. The lowest BCUT2D eigenvalue weighted by molar-refractivity contribution is -0.870. The summed E-state index contributed by atoms with van der Waals surface area (Å²) in [5.74, 6) is -0.143. The van der Waals surface area contributed by atoms with Crippen molar-refractivity contribution in [2.24, 2.45) is 0 Å². The molecular formula is C42H88N2O6P+. The molecular weight excluding hydrogens is 659 g/mol. The van der Waals surface area contributed by atoms with Crippen LogP contribution in [0.1, 0.15) is 213 Å². The number of phosphoric ester groups is 1. The Labute approximate surface area is 317 Å². The van der Waals surface area contributed by atoms with Crippen LogP contribution in [0, 0.1) is 0 Å². The zero-order chi connectivity index (χ0) is 37.9. The third-order valence-corrected chi connectivity index (χ3v) is 11.1. The number of aliphatic hydroxyl groups excluding tert-OH is 1. The molecule has 0 radical (unpaired) electrons. The molecule has 3 atom stereocenters. The first-order valence-corrected chi connectivity index (χ1v) is 23.4. The predicted octanol–water partition coefficient (Wildman–Crippen LogP) is 11.8. The number of amides is 1. The van der Waals surface area contributed by atoms with Crippen molar-refractivity contribution in [3.8, 4) is 0 Å². The molecule has 0 aromatic rings. The Kier molecular flexibility index (Phi) is 34.9. The van der Waals surface area contributed by atoms with E-state index in [9.17, 15) is 19.4 Å². The molecule has 3 N–H and O–H groups in total. The van der Waals surface area contributed by atoms with E-state index in [-0.39, 0.29) is 19.1 Å². The molecule has 306 valence electrons. The number of hydrogen-bond donors (Lipinski definition) is 3. The molecule has 0 saturated heterocycles. The highest BCUT2D eigenvalue weighted by molar-refractivity contribution is 7.47. The van der Waals surface area contributed by atoms with Crippen LogP contribution in [0.15, 0.2) is 0 Å². The van der Waals surface area contributed by atoms with E-state index in [2.05, 4.69) is 19.2 Å². The van der Waals surface area contributed by atoms with Gasteiger partial charge in [0.1, 0.15) is 13.2 Å². The van der Waals surface area contributed by atoms with Gasteiger partial charge in [0.15, 0.2) is 0 Å². The van der Waals surface area contributed by atoms with Crippen LogP contribution in [0.25, 0.3) is 0 Å². The largest absolute Gasteiger partial charge is 0.472 e. The van der Waals surface area contributed by atoms with Crippen molar-refractivity contribution in [3.63, 3.8) is 0 Å². The molecule has 9 heteroatoms. The summed E-state index contributed by atoms with van der Waals surface area (Å²) in [6.07, 6.45) is 36.9. The Hall–Kier alpha value is -0.500. The Balaban J connectivity index is 4.33. The van der Waals surface area contributed by atoms with E-state index in [0.29, 0.717) is 23.9 Å². The van der Waals surface area contributed by atoms with Gasteiger partial charge in [-0.25, -0.2) is 4.57 Å². The molecule has 0 aliphatic heterocycles. The highest BCUT2D eigenvalue weighted by atomic mass is 31.2. The number of unbranched alkanes of at least 4 members (excludes halogenated alkanes) is 27. The second kappa shape index (κ2) is 35.2. The summed E-state index contributed by atoms with van der Waals surface area (Å²) in [6.45, 7) is 4.90. The van der Waals surface area contributed by atoms with Gasteiger partial charge in [-0.2, -0.15) is 0 Å². The van der Waals surface area contributed by atoms with E-state index in [4.69, 9.17) is 9.05 Å². The zero-order valence-electron chi connectivity index (χ0n) is 34.6. The Morgan fingerprint density at radius 3 is 1.31 bits per heavy atom. The first-order chi connectivity index (χ1) is 24.5. The number of carbonyl (C=O) groups excluding carboxylic acids is 1. The average Bonchev–Trinajstić information content (AvgIpc) is 3.07. The summed E-state index contributed by atoms with van der Waals surface area (Å²) in [5, 5.41) is 13.9. The number of rotatable bonds is 40. The molecule has 0 heterocycles. The Morgan fingerprint density at radius 2 is 0.941 bits per heavy atom. The molecule has 0 aliphatic rings. The van der Waals surface area contributed by atoms with Gasteiger partial charge in [-0.1, -0.05) is 194 Å². The molecule has 0 aliphatic carbocycles. The first kappa shape index (κ1) is 50.5. The van der Waals surface area contributed by atoms with E-state index in [1.54, 1.807) is 0 Å². The smallest absolute Gasteiger partial charge is 0.391 e. The standard InChI is InChI=1S/C42H87N2O6P/c1-6-8-10-12-14-16-18-20-21-22-23-24-25-27-29-31-33-35-41(45)40(39-50-51(47,48)49-38-37-44(3,4)5)43-42(46)36-34-32-30-28-26-19-17-15-13-11-9-7-2/h40-41,45H,6-39H2,1-5H3,(H-,43,46,47,48)/p+1. The molecule has 0 fully saturated rings. The van der Waals surface area contributed by atoms with Crippen LogP contribution >= 0.6 is 7.82 Å². The molecule has 3 unspecified atom stereocenters. The highest BCUT2D eigenvalue weighted by Gasteiger charge is 2.28. The Morgan fingerprint density at radius 1 is 0.588 bits per heavy atom. The monoisotopic (exact) mass is 748 g/mol.